The Labute approximate surface area is 176 Å². The normalized spacial score (nSPS) is 15.9. The van der Waals surface area contributed by atoms with Gasteiger partial charge in [-0.3, -0.25) is 0 Å². The molecule has 9 nitrogen and oxygen atoms in total. The smallest absolute Gasteiger partial charge is 0.410 e. The van der Waals surface area contributed by atoms with Crippen LogP contribution in [-0.2, 0) is 25.9 Å². The summed E-state index contributed by atoms with van der Waals surface area (Å²) in [6, 6.07) is 6.26. The fourth-order valence-electron chi connectivity index (χ4n) is 3.00. The first-order chi connectivity index (χ1) is 14.0. The number of amides is 1. The molecule has 1 aromatic carbocycles. The van der Waals surface area contributed by atoms with E-state index in [2.05, 4.69) is 10.1 Å². The topological polar surface area (TPSA) is 112 Å². The summed E-state index contributed by atoms with van der Waals surface area (Å²) >= 11 is 0. The van der Waals surface area contributed by atoms with Crippen LogP contribution in [0.15, 0.2) is 33.7 Å². The third-order valence-corrected chi connectivity index (χ3v) is 5.67. The van der Waals surface area contributed by atoms with E-state index in [1.807, 2.05) is 20.8 Å². The fraction of sp³-hybridized carbons (Fsp3) is 0.550. The van der Waals surface area contributed by atoms with Gasteiger partial charge in [0, 0.05) is 24.9 Å². The molecule has 1 aliphatic heterocycles. The molecule has 3 rings (SSSR count). The van der Waals surface area contributed by atoms with Gasteiger partial charge >= 0.3 is 6.09 Å². The number of likely N-dealkylation sites (tertiary alicyclic amines) is 1. The lowest BCUT2D eigenvalue weighted by Gasteiger charge is -2.33. The SMILES string of the molecule is CC(C)(C)OC(=O)N1CCC(OCc2noc(-c3ccc(S(C)(=O)=O)cc3)n2)CC1. The highest BCUT2D eigenvalue weighted by Gasteiger charge is 2.27. The molecule has 0 bridgehead atoms. The second-order valence-electron chi connectivity index (χ2n) is 8.29. The lowest BCUT2D eigenvalue weighted by molar-refractivity contribution is -0.0190. The van der Waals surface area contributed by atoms with E-state index in [4.69, 9.17) is 14.0 Å². The van der Waals surface area contributed by atoms with Gasteiger partial charge in [-0.25, -0.2) is 13.2 Å². The van der Waals surface area contributed by atoms with Crippen LogP contribution in [0.5, 0.6) is 0 Å². The molecule has 1 saturated heterocycles. The van der Waals surface area contributed by atoms with Crippen molar-refractivity contribution < 1.29 is 27.2 Å². The van der Waals surface area contributed by atoms with Crippen molar-refractivity contribution in [1.29, 1.82) is 0 Å². The highest BCUT2D eigenvalue weighted by molar-refractivity contribution is 7.90. The molecular weight excluding hydrogens is 410 g/mol. The van der Waals surface area contributed by atoms with Gasteiger partial charge in [0.15, 0.2) is 15.7 Å². The summed E-state index contributed by atoms with van der Waals surface area (Å²) in [5, 5.41) is 3.92. The Bertz CT molecular complexity index is 971. The van der Waals surface area contributed by atoms with Crippen LogP contribution in [0.4, 0.5) is 4.79 Å². The van der Waals surface area contributed by atoms with Gasteiger partial charge in [-0.1, -0.05) is 5.16 Å². The highest BCUT2D eigenvalue weighted by atomic mass is 32.2. The van der Waals surface area contributed by atoms with E-state index < -0.39 is 15.4 Å². The molecule has 0 spiro atoms. The van der Waals surface area contributed by atoms with E-state index in [0.29, 0.717) is 43.2 Å². The van der Waals surface area contributed by atoms with Crippen molar-refractivity contribution >= 4 is 15.9 Å². The third-order valence-electron chi connectivity index (χ3n) is 4.54. The largest absolute Gasteiger partial charge is 0.444 e. The minimum absolute atomic E-state index is 0.000295. The Morgan fingerprint density at radius 2 is 1.83 bits per heavy atom. The number of carbonyl (C=O) groups excluding carboxylic acids is 1. The van der Waals surface area contributed by atoms with Gasteiger partial charge in [0.1, 0.15) is 12.2 Å². The molecule has 0 aliphatic carbocycles. The minimum atomic E-state index is -3.26. The molecule has 2 heterocycles. The van der Waals surface area contributed by atoms with Gasteiger partial charge in [-0.2, -0.15) is 4.98 Å². The van der Waals surface area contributed by atoms with Crippen LogP contribution in [0.3, 0.4) is 0 Å². The average molecular weight is 438 g/mol. The highest BCUT2D eigenvalue weighted by Crippen LogP contribution is 2.21. The first-order valence-electron chi connectivity index (χ1n) is 9.74. The van der Waals surface area contributed by atoms with E-state index in [9.17, 15) is 13.2 Å². The Balaban J connectivity index is 1.49. The van der Waals surface area contributed by atoms with Gasteiger partial charge in [0.25, 0.3) is 5.89 Å². The van der Waals surface area contributed by atoms with Crippen molar-refractivity contribution in [3.63, 3.8) is 0 Å². The molecule has 1 amide bonds. The molecule has 2 aromatic rings. The molecule has 1 aliphatic rings. The van der Waals surface area contributed by atoms with Crippen molar-refractivity contribution in [2.24, 2.45) is 0 Å². The number of carbonyl (C=O) groups is 1. The van der Waals surface area contributed by atoms with Crippen molar-refractivity contribution in [2.45, 2.75) is 56.8 Å². The predicted molar refractivity (Wildman–Crippen MR) is 108 cm³/mol. The molecular formula is C20H27N3O6S. The second kappa shape index (κ2) is 8.73. The zero-order valence-corrected chi connectivity index (χ0v) is 18.4. The maximum atomic E-state index is 12.1. The molecule has 10 heteroatoms. The second-order valence-corrected chi connectivity index (χ2v) is 10.3. The predicted octanol–water partition coefficient (Wildman–Crippen LogP) is 3.06. The molecule has 1 fully saturated rings. The standard InChI is InChI=1S/C20H27N3O6S/c1-20(2,3)28-19(24)23-11-9-15(10-12-23)27-13-17-21-18(29-22-17)14-5-7-16(8-6-14)30(4,25)26/h5-8,15H,9-13H2,1-4H3. The minimum Gasteiger partial charge on any atom is -0.444 e. The quantitative estimate of drug-likeness (QED) is 0.702. The van der Waals surface area contributed by atoms with Crippen LogP contribution < -0.4 is 0 Å². The summed E-state index contributed by atoms with van der Waals surface area (Å²) in [5.74, 6) is 0.708. The molecule has 30 heavy (non-hydrogen) atoms. The Morgan fingerprint density at radius 3 is 2.40 bits per heavy atom. The zero-order chi connectivity index (χ0) is 21.9. The maximum absolute atomic E-state index is 12.1. The van der Waals surface area contributed by atoms with Gasteiger partial charge in [-0.15, -0.1) is 0 Å². The number of ether oxygens (including phenoxy) is 2. The Kier molecular flexibility index (Phi) is 6.47. The van der Waals surface area contributed by atoms with Crippen LogP contribution in [0.1, 0.15) is 39.4 Å². The van der Waals surface area contributed by atoms with Gasteiger partial charge in [0.2, 0.25) is 0 Å². The fourth-order valence-corrected chi connectivity index (χ4v) is 3.63. The summed E-state index contributed by atoms with van der Waals surface area (Å²) in [6.07, 6.45) is 2.26. The number of hydrogen-bond donors (Lipinski definition) is 0. The van der Waals surface area contributed by atoms with Crippen molar-refractivity contribution in [2.75, 3.05) is 19.3 Å². The number of hydrogen-bond acceptors (Lipinski definition) is 8. The number of aromatic nitrogens is 2. The number of nitrogens with zero attached hydrogens (tertiary/aromatic N) is 3. The summed E-state index contributed by atoms with van der Waals surface area (Å²) < 4.78 is 39.6. The van der Waals surface area contributed by atoms with Crippen molar-refractivity contribution in [3.05, 3.63) is 30.1 Å². The number of piperidine rings is 1. The molecule has 1 aromatic heterocycles. The Hall–Kier alpha value is -2.46. The third kappa shape index (κ3) is 6.02. The average Bonchev–Trinajstić information content (AvgIpc) is 3.14. The number of sulfone groups is 1. The van der Waals surface area contributed by atoms with Gasteiger partial charge in [-0.05, 0) is 57.9 Å². The summed E-state index contributed by atoms with van der Waals surface area (Å²) in [5.41, 5.74) is 0.123. The summed E-state index contributed by atoms with van der Waals surface area (Å²) in [4.78, 5) is 18.3. The monoisotopic (exact) mass is 437 g/mol. The first-order valence-corrected chi connectivity index (χ1v) is 11.6. The van der Waals surface area contributed by atoms with Crippen LogP contribution in [0.25, 0.3) is 11.5 Å². The molecule has 0 radical (unpaired) electrons. The maximum Gasteiger partial charge on any atom is 0.410 e. The van der Waals surface area contributed by atoms with Gasteiger partial charge in [0.05, 0.1) is 11.0 Å². The number of benzene rings is 1. The number of rotatable bonds is 5. The Morgan fingerprint density at radius 1 is 1.20 bits per heavy atom. The van der Waals surface area contributed by atoms with Crippen LogP contribution >= 0.6 is 0 Å². The van der Waals surface area contributed by atoms with E-state index in [0.717, 1.165) is 6.26 Å². The molecule has 0 unspecified atom stereocenters. The summed E-state index contributed by atoms with van der Waals surface area (Å²) in [6.45, 7) is 6.88. The van der Waals surface area contributed by atoms with Crippen LogP contribution in [0, 0.1) is 0 Å². The first kappa shape index (κ1) is 22.2. The van der Waals surface area contributed by atoms with E-state index in [-0.39, 0.29) is 23.7 Å². The van der Waals surface area contributed by atoms with Gasteiger partial charge < -0.3 is 18.9 Å². The van der Waals surface area contributed by atoms with E-state index in [1.54, 1.807) is 17.0 Å². The lowest BCUT2D eigenvalue weighted by atomic mass is 10.1. The summed E-state index contributed by atoms with van der Waals surface area (Å²) in [7, 11) is -3.26. The van der Waals surface area contributed by atoms with Crippen molar-refractivity contribution in [3.8, 4) is 11.5 Å². The zero-order valence-electron chi connectivity index (χ0n) is 17.6. The van der Waals surface area contributed by atoms with Crippen LogP contribution in [-0.4, -0.2) is 60.6 Å². The van der Waals surface area contributed by atoms with Crippen LogP contribution in [0.2, 0.25) is 0 Å². The van der Waals surface area contributed by atoms with E-state index in [1.165, 1.54) is 12.1 Å². The molecule has 0 saturated carbocycles. The molecule has 0 atom stereocenters. The van der Waals surface area contributed by atoms with Crippen molar-refractivity contribution in [1.82, 2.24) is 15.0 Å². The molecule has 164 valence electrons. The molecule has 0 N–H and O–H groups in total. The lowest BCUT2D eigenvalue weighted by Crippen LogP contribution is -2.43. The van der Waals surface area contributed by atoms with E-state index >= 15 is 0 Å².